The molecular weight excluding hydrogens is 246 g/mol. The van der Waals surface area contributed by atoms with E-state index in [0.717, 1.165) is 0 Å². The summed E-state index contributed by atoms with van der Waals surface area (Å²) in [5.41, 5.74) is 0. The van der Waals surface area contributed by atoms with Crippen LogP contribution < -0.4 is 5.32 Å². The molecular formula is C10H23NO5S. The van der Waals surface area contributed by atoms with Crippen molar-refractivity contribution in [2.75, 3.05) is 51.5 Å². The number of hydrogen-bond acceptors (Lipinski definition) is 6. The summed E-state index contributed by atoms with van der Waals surface area (Å²) < 4.78 is 32.2. The molecule has 6 nitrogen and oxygen atoms in total. The molecule has 1 atom stereocenters. The number of aliphatic hydroxyl groups excluding tert-OH is 1. The molecule has 0 aromatic carbocycles. The molecule has 0 aromatic heterocycles. The van der Waals surface area contributed by atoms with Crippen LogP contribution in [0.1, 0.15) is 6.92 Å². The number of hydrogen-bond donors (Lipinski definition) is 2. The van der Waals surface area contributed by atoms with Gasteiger partial charge in [0.2, 0.25) is 0 Å². The Morgan fingerprint density at radius 2 is 2.06 bits per heavy atom. The van der Waals surface area contributed by atoms with Crippen molar-refractivity contribution < 1.29 is 23.0 Å². The minimum atomic E-state index is -2.93. The van der Waals surface area contributed by atoms with Crippen LogP contribution in [0.15, 0.2) is 0 Å². The molecule has 0 saturated carbocycles. The lowest BCUT2D eigenvalue weighted by Crippen LogP contribution is -2.33. The van der Waals surface area contributed by atoms with Crippen LogP contribution in [0, 0.1) is 0 Å². The van der Waals surface area contributed by atoms with E-state index >= 15 is 0 Å². The Labute approximate surface area is 103 Å². The molecule has 7 heteroatoms. The molecule has 104 valence electrons. The first-order valence-corrected chi connectivity index (χ1v) is 7.50. The highest BCUT2D eigenvalue weighted by Gasteiger charge is 2.08. The normalized spacial score (nSPS) is 13.8. The van der Waals surface area contributed by atoms with E-state index in [1.807, 2.05) is 0 Å². The van der Waals surface area contributed by atoms with Crippen molar-refractivity contribution in [1.29, 1.82) is 0 Å². The molecule has 0 bridgehead atoms. The van der Waals surface area contributed by atoms with E-state index in [1.165, 1.54) is 0 Å². The van der Waals surface area contributed by atoms with E-state index in [1.54, 1.807) is 14.0 Å². The molecule has 17 heavy (non-hydrogen) atoms. The van der Waals surface area contributed by atoms with Crippen LogP contribution in [0.4, 0.5) is 0 Å². The Morgan fingerprint density at radius 3 is 2.65 bits per heavy atom. The van der Waals surface area contributed by atoms with E-state index in [-0.39, 0.29) is 18.1 Å². The van der Waals surface area contributed by atoms with Gasteiger partial charge in [0.1, 0.15) is 0 Å². The minimum absolute atomic E-state index is 0.0980. The van der Waals surface area contributed by atoms with Crippen molar-refractivity contribution in [2.45, 2.75) is 13.0 Å². The topological polar surface area (TPSA) is 84.9 Å². The van der Waals surface area contributed by atoms with Gasteiger partial charge in [-0.15, -0.1) is 0 Å². The number of methoxy groups -OCH3 is 1. The summed E-state index contributed by atoms with van der Waals surface area (Å²) in [6, 6.07) is 0. The van der Waals surface area contributed by atoms with Crippen molar-refractivity contribution in [1.82, 2.24) is 5.32 Å². The zero-order valence-corrected chi connectivity index (χ0v) is 11.3. The molecule has 0 fully saturated rings. The predicted molar refractivity (Wildman–Crippen MR) is 65.9 cm³/mol. The molecule has 0 saturated heterocycles. The van der Waals surface area contributed by atoms with Crippen molar-refractivity contribution in [3.63, 3.8) is 0 Å². The fourth-order valence-electron chi connectivity index (χ4n) is 1.06. The van der Waals surface area contributed by atoms with Crippen molar-refractivity contribution in [2.24, 2.45) is 0 Å². The number of sulfone groups is 1. The van der Waals surface area contributed by atoms with Gasteiger partial charge in [-0.3, -0.25) is 0 Å². The van der Waals surface area contributed by atoms with Gasteiger partial charge in [0.05, 0.1) is 31.7 Å². The number of nitrogens with one attached hydrogen (secondary N) is 1. The van der Waals surface area contributed by atoms with E-state index in [9.17, 15) is 13.5 Å². The van der Waals surface area contributed by atoms with Gasteiger partial charge in [-0.2, -0.15) is 0 Å². The van der Waals surface area contributed by atoms with E-state index in [4.69, 9.17) is 9.47 Å². The molecule has 0 radical (unpaired) electrons. The number of ether oxygens (including phenoxy) is 2. The predicted octanol–water partition coefficient (Wildman–Crippen LogP) is -0.965. The van der Waals surface area contributed by atoms with Crippen molar-refractivity contribution >= 4 is 9.84 Å². The summed E-state index contributed by atoms with van der Waals surface area (Å²) in [6.07, 6.45) is -0.629. The lowest BCUT2D eigenvalue weighted by atomic mass is 10.4. The summed E-state index contributed by atoms with van der Waals surface area (Å²) in [6.45, 7) is 3.45. The van der Waals surface area contributed by atoms with E-state index in [0.29, 0.717) is 26.3 Å². The third-order valence-electron chi connectivity index (χ3n) is 2.15. The Balaban J connectivity index is 3.42. The fourth-order valence-corrected chi connectivity index (χ4v) is 1.81. The van der Waals surface area contributed by atoms with Gasteiger partial charge >= 0.3 is 0 Å². The first-order chi connectivity index (χ1) is 8.02. The van der Waals surface area contributed by atoms with Crippen LogP contribution in [-0.2, 0) is 19.3 Å². The number of aliphatic hydroxyl groups is 1. The Hall–Kier alpha value is -0.210. The lowest BCUT2D eigenvalue weighted by molar-refractivity contribution is 0.0140. The molecule has 0 amide bonds. The average molecular weight is 269 g/mol. The lowest BCUT2D eigenvalue weighted by Gasteiger charge is -2.12. The molecule has 0 heterocycles. The van der Waals surface area contributed by atoms with Crippen LogP contribution >= 0.6 is 0 Å². The number of rotatable bonds is 11. The first kappa shape index (κ1) is 16.8. The van der Waals surface area contributed by atoms with Crippen LogP contribution in [0.25, 0.3) is 0 Å². The van der Waals surface area contributed by atoms with Crippen LogP contribution in [0.5, 0.6) is 0 Å². The van der Waals surface area contributed by atoms with Crippen LogP contribution in [0.3, 0.4) is 0 Å². The third-order valence-corrected chi connectivity index (χ3v) is 3.86. The van der Waals surface area contributed by atoms with Gasteiger partial charge in [-0.1, -0.05) is 6.92 Å². The van der Waals surface area contributed by atoms with Gasteiger partial charge in [-0.05, 0) is 0 Å². The van der Waals surface area contributed by atoms with Gasteiger partial charge in [-0.25, -0.2) is 8.42 Å². The highest BCUT2D eigenvalue weighted by molar-refractivity contribution is 7.91. The Morgan fingerprint density at radius 1 is 1.35 bits per heavy atom. The zero-order valence-electron chi connectivity index (χ0n) is 10.5. The van der Waals surface area contributed by atoms with Crippen LogP contribution in [-0.4, -0.2) is 71.2 Å². The highest BCUT2D eigenvalue weighted by Crippen LogP contribution is 1.88. The SMILES string of the molecule is CCS(=O)(=O)CCNCC(O)COCCOC. The third kappa shape index (κ3) is 10.7. The van der Waals surface area contributed by atoms with Gasteiger partial charge in [0.25, 0.3) is 0 Å². The van der Waals surface area contributed by atoms with Gasteiger partial charge < -0.3 is 19.9 Å². The van der Waals surface area contributed by atoms with Gasteiger partial charge in [0.15, 0.2) is 9.84 Å². The first-order valence-electron chi connectivity index (χ1n) is 5.67. The summed E-state index contributed by atoms with van der Waals surface area (Å²) in [7, 11) is -1.35. The maximum Gasteiger partial charge on any atom is 0.151 e. The van der Waals surface area contributed by atoms with Crippen molar-refractivity contribution in [3.8, 4) is 0 Å². The Bertz CT molecular complexity index is 268. The molecule has 0 spiro atoms. The summed E-state index contributed by atoms with van der Waals surface area (Å²) >= 11 is 0. The zero-order chi connectivity index (χ0) is 13.1. The van der Waals surface area contributed by atoms with Crippen molar-refractivity contribution in [3.05, 3.63) is 0 Å². The fraction of sp³-hybridized carbons (Fsp3) is 1.00. The molecule has 0 aliphatic carbocycles. The molecule has 0 aliphatic heterocycles. The summed E-state index contributed by atoms with van der Waals surface area (Å²) in [5.74, 6) is 0.248. The Kier molecular flexibility index (Phi) is 9.66. The largest absolute Gasteiger partial charge is 0.389 e. The summed E-state index contributed by atoms with van der Waals surface area (Å²) in [5, 5.41) is 12.3. The molecule has 0 aliphatic rings. The maximum absolute atomic E-state index is 11.1. The highest BCUT2D eigenvalue weighted by atomic mass is 32.2. The monoisotopic (exact) mass is 269 g/mol. The smallest absolute Gasteiger partial charge is 0.151 e. The standard InChI is InChI=1S/C10H23NO5S/c1-3-17(13,14)7-4-11-8-10(12)9-16-6-5-15-2/h10-12H,3-9H2,1-2H3. The second-order valence-electron chi connectivity index (χ2n) is 3.66. The summed E-state index contributed by atoms with van der Waals surface area (Å²) in [4.78, 5) is 0. The van der Waals surface area contributed by atoms with Crippen LogP contribution in [0.2, 0.25) is 0 Å². The second-order valence-corrected chi connectivity index (χ2v) is 6.13. The quantitative estimate of drug-likeness (QED) is 0.470. The van der Waals surface area contributed by atoms with Gasteiger partial charge in [0, 0.05) is 26.0 Å². The maximum atomic E-state index is 11.1. The average Bonchev–Trinajstić information content (AvgIpc) is 2.30. The second kappa shape index (κ2) is 9.78. The molecule has 2 N–H and O–H groups in total. The molecule has 0 rings (SSSR count). The molecule has 0 aromatic rings. The molecule has 1 unspecified atom stereocenters. The van der Waals surface area contributed by atoms with E-state index < -0.39 is 15.9 Å². The minimum Gasteiger partial charge on any atom is -0.389 e. The van der Waals surface area contributed by atoms with E-state index in [2.05, 4.69) is 5.32 Å².